The molecule has 1 N–H and O–H groups in total. The van der Waals surface area contributed by atoms with Gasteiger partial charge in [-0.1, -0.05) is 37.3 Å². The molecule has 2 fully saturated rings. The summed E-state index contributed by atoms with van der Waals surface area (Å²) < 4.78 is 6.17. The predicted octanol–water partition coefficient (Wildman–Crippen LogP) is 2.33. The molecule has 30 heavy (non-hydrogen) atoms. The number of carbonyl (C=O) groups is 1. The number of ether oxygens (including phenoxy) is 1. The van der Waals surface area contributed by atoms with E-state index in [9.17, 15) is 4.79 Å². The van der Waals surface area contributed by atoms with E-state index < -0.39 is 0 Å². The molecule has 0 saturated carbocycles. The number of nitrogens with zero attached hydrogens (tertiary/aromatic N) is 3. The SMILES string of the molecule is CCc1ccccc1N1CC2CN(CC(=O)NCc3ccc(C#N)cc3)CC(C1)O2. The zero-order chi connectivity index (χ0) is 20.9. The summed E-state index contributed by atoms with van der Waals surface area (Å²) in [4.78, 5) is 17.1. The average molecular weight is 405 g/mol. The van der Waals surface area contributed by atoms with Crippen molar-refractivity contribution in [1.29, 1.82) is 5.26 Å². The first-order valence-electron chi connectivity index (χ1n) is 10.6. The van der Waals surface area contributed by atoms with E-state index in [0.717, 1.165) is 38.2 Å². The molecule has 2 aromatic carbocycles. The van der Waals surface area contributed by atoms with Gasteiger partial charge in [-0.2, -0.15) is 5.26 Å². The lowest BCUT2D eigenvalue weighted by atomic mass is 10.0. The van der Waals surface area contributed by atoms with Gasteiger partial charge in [0.1, 0.15) is 0 Å². The molecule has 156 valence electrons. The molecule has 2 aromatic rings. The van der Waals surface area contributed by atoms with Crippen molar-refractivity contribution in [2.45, 2.75) is 32.1 Å². The monoisotopic (exact) mass is 404 g/mol. The van der Waals surface area contributed by atoms with Crippen molar-refractivity contribution in [3.8, 4) is 6.07 Å². The van der Waals surface area contributed by atoms with Crippen molar-refractivity contribution >= 4 is 11.6 Å². The molecule has 0 aromatic heterocycles. The minimum Gasteiger partial charge on any atom is -0.369 e. The molecule has 6 nitrogen and oxygen atoms in total. The van der Waals surface area contributed by atoms with E-state index in [2.05, 4.69) is 52.4 Å². The molecule has 2 bridgehead atoms. The van der Waals surface area contributed by atoms with Crippen LogP contribution in [0.15, 0.2) is 48.5 Å². The van der Waals surface area contributed by atoms with E-state index in [0.29, 0.717) is 18.7 Å². The molecule has 0 spiro atoms. The zero-order valence-corrected chi connectivity index (χ0v) is 17.4. The first kappa shape index (κ1) is 20.4. The number of morpholine rings is 2. The van der Waals surface area contributed by atoms with Gasteiger partial charge in [-0.05, 0) is 35.7 Å². The Bertz CT molecular complexity index is 908. The van der Waals surface area contributed by atoms with Crippen LogP contribution in [-0.2, 0) is 22.5 Å². The van der Waals surface area contributed by atoms with Crippen molar-refractivity contribution in [2.75, 3.05) is 37.6 Å². The third-order valence-electron chi connectivity index (χ3n) is 5.81. The number of amides is 1. The quantitative estimate of drug-likeness (QED) is 0.800. The fraction of sp³-hybridized carbons (Fsp3) is 0.417. The maximum Gasteiger partial charge on any atom is 0.234 e. The number of carbonyl (C=O) groups excluding carboxylic acids is 1. The number of rotatable bonds is 6. The van der Waals surface area contributed by atoms with Crippen LogP contribution < -0.4 is 10.2 Å². The molecule has 6 heteroatoms. The van der Waals surface area contributed by atoms with Gasteiger partial charge < -0.3 is 15.0 Å². The number of hydrogen-bond acceptors (Lipinski definition) is 5. The summed E-state index contributed by atoms with van der Waals surface area (Å²) in [5, 5.41) is 11.8. The minimum absolute atomic E-state index is 0.0208. The van der Waals surface area contributed by atoms with Crippen LogP contribution >= 0.6 is 0 Å². The number of anilines is 1. The number of hydrogen-bond donors (Lipinski definition) is 1. The number of benzene rings is 2. The smallest absolute Gasteiger partial charge is 0.234 e. The highest BCUT2D eigenvalue weighted by Crippen LogP contribution is 2.27. The minimum atomic E-state index is 0.0208. The molecule has 2 aliphatic heterocycles. The van der Waals surface area contributed by atoms with Crippen molar-refractivity contribution in [3.63, 3.8) is 0 Å². The largest absolute Gasteiger partial charge is 0.369 e. The van der Waals surface area contributed by atoms with Gasteiger partial charge in [-0.15, -0.1) is 0 Å². The first-order chi connectivity index (χ1) is 14.6. The summed E-state index contributed by atoms with van der Waals surface area (Å²) >= 11 is 0. The fourth-order valence-corrected chi connectivity index (χ4v) is 4.38. The second-order valence-electron chi connectivity index (χ2n) is 8.05. The maximum absolute atomic E-state index is 12.4. The lowest BCUT2D eigenvalue weighted by Gasteiger charge is -2.46. The van der Waals surface area contributed by atoms with Gasteiger partial charge in [0.15, 0.2) is 0 Å². The van der Waals surface area contributed by atoms with Crippen LogP contribution in [-0.4, -0.2) is 55.7 Å². The Morgan fingerprint density at radius 3 is 2.47 bits per heavy atom. The van der Waals surface area contributed by atoms with Gasteiger partial charge in [0, 0.05) is 38.4 Å². The van der Waals surface area contributed by atoms with Crippen molar-refractivity contribution in [1.82, 2.24) is 10.2 Å². The number of nitriles is 1. The maximum atomic E-state index is 12.4. The lowest BCUT2D eigenvalue weighted by Crippen LogP contribution is -2.60. The second-order valence-corrected chi connectivity index (χ2v) is 8.05. The second kappa shape index (κ2) is 9.29. The number of nitrogens with one attached hydrogen (secondary N) is 1. The standard InChI is InChI=1S/C24H28N4O2/c1-2-20-5-3-4-6-23(20)28-15-21-13-27(14-22(16-28)30-21)17-24(29)26-12-19-9-7-18(11-25)8-10-19/h3-10,21-22H,2,12-17H2,1H3,(H,26,29). The summed E-state index contributed by atoms with van der Waals surface area (Å²) in [5.41, 5.74) is 4.30. The Hall–Kier alpha value is -2.88. The molecule has 2 unspecified atom stereocenters. The normalized spacial score (nSPS) is 21.1. The summed E-state index contributed by atoms with van der Waals surface area (Å²) in [5.74, 6) is 0.0208. The van der Waals surface area contributed by atoms with Crippen molar-refractivity contribution < 1.29 is 9.53 Å². The highest BCUT2D eigenvalue weighted by atomic mass is 16.5. The molecule has 1 amide bonds. The van der Waals surface area contributed by atoms with Gasteiger partial charge in [0.25, 0.3) is 0 Å². The van der Waals surface area contributed by atoms with Crippen molar-refractivity contribution in [3.05, 3.63) is 65.2 Å². The molecule has 2 atom stereocenters. The number of para-hydroxylation sites is 1. The van der Waals surface area contributed by atoms with E-state index in [1.807, 2.05) is 12.1 Å². The lowest BCUT2D eigenvalue weighted by molar-refractivity contribution is -0.128. The van der Waals surface area contributed by atoms with Crippen LogP contribution in [0.1, 0.15) is 23.6 Å². The Morgan fingerprint density at radius 2 is 1.80 bits per heavy atom. The Morgan fingerprint density at radius 1 is 1.10 bits per heavy atom. The third-order valence-corrected chi connectivity index (χ3v) is 5.81. The van der Waals surface area contributed by atoms with Crippen LogP contribution in [0.4, 0.5) is 5.69 Å². The first-order valence-corrected chi connectivity index (χ1v) is 10.6. The summed E-state index contributed by atoms with van der Waals surface area (Å²) in [6.07, 6.45) is 1.26. The van der Waals surface area contributed by atoms with Crippen LogP contribution in [0, 0.1) is 11.3 Å². The Kier molecular flexibility index (Phi) is 6.32. The average Bonchev–Trinajstić information content (AvgIpc) is 2.77. The van der Waals surface area contributed by atoms with Crippen LogP contribution in [0.5, 0.6) is 0 Å². The van der Waals surface area contributed by atoms with Crippen molar-refractivity contribution in [2.24, 2.45) is 0 Å². The molecule has 2 heterocycles. The number of fused-ring (bicyclic) bond motifs is 2. The zero-order valence-electron chi connectivity index (χ0n) is 17.4. The van der Waals surface area contributed by atoms with E-state index in [-0.39, 0.29) is 18.1 Å². The Labute approximate surface area is 178 Å². The van der Waals surface area contributed by atoms with E-state index in [4.69, 9.17) is 10.00 Å². The molecular weight excluding hydrogens is 376 g/mol. The van der Waals surface area contributed by atoms with E-state index in [1.165, 1.54) is 11.3 Å². The van der Waals surface area contributed by atoms with Crippen LogP contribution in [0.3, 0.4) is 0 Å². The van der Waals surface area contributed by atoms with Gasteiger partial charge >= 0.3 is 0 Å². The summed E-state index contributed by atoms with van der Waals surface area (Å²) in [7, 11) is 0. The summed E-state index contributed by atoms with van der Waals surface area (Å²) in [6.45, 7) is 6.31. The Balaban J connectivity index is 1.29. The summed E-state index contributed by atoms with van der Waals surface area (Å²) in [6, 6.07) is 18.0. The molecule has 4 rings (SSSR count). The predicted molar refractivity (Wildman–Crippen MR) is 116 cm³/mol. The van der Waals surface area contributed by atoms with Crippen LogP contribution in [0.25, 0.3) is 0 Å². The fourth-order valence-electron chi connectivity index (χ4n) is 4.38. The van der Waals surface area contributed by atoms with Gasteiger partial charge in [0.05, 0.1) is 30.4 Å². The third kappa shape index (κ3) is 4.81. The molecule has 0 aliphatic carbocycles. The molecule has 2 aliphatic rings. The number of aryl methyl sites for hydroxylation is 1. The highest BCUT2D eigenvalue weighted by Gasteiger charge is 2.35. The van der Waals surface area contributed by atoms with E-state index >= 15 is 0 Å². The molecule has 0 radical (unpaired) electrons. The topological polar surface area (TPSA) is 68.6 Å². The van der Waals surface area contributed by atoms with Gasteiger partial charge in [-0.3, -0.25) is 9.69 Å². The highest BCUT2D eigenvalue weighted by molar-refractivity contribution is 5.78. The molecule has 2 saturated heterocycles. The van der Waals surface area contributed by atoms with Crippen LogP contribution in [0.2, 0.25) is 0 Å². The molecular formula is C24H28N4O2. The van der Waals surface area contributed by atoms with Gasteiger partial charge in [-0.25, -0.2) is 0 Å². The van der Waals surface area contributed by atoms with Gasteiger partial charge in [0.2, 0.25) is 5.91 Å². The van der Waals surface area contributed by atoms with E-state index in [1.54, 1.807) is 12.1 Å².